The molecule has 0 saturated carbocycles. The normalized spacial score (nSPS) is 10.8. The van der Waals surface area contributed by atoms with Crippen molar-refractivity contribution in [3.63, 3.8) is 0 Å². The summed E-state index contributed by atoms with van der Waals surface area (Å²) in [5, 5.41) is 3.88. The number of carbonyl (C=O) groups is 1. The van der Waals surface area contributed by atoms with Gasteiger partial charge in [0, 0.05) is 11.7 Å². The van der Waals surface area contributed by atoms with Gasteiger partial charge in [0.2, 0.25) is 0 Å². The second-order valence-corrected chi connectivity index (χ2v) is 5.12. The molecular weight excluding hydrogens is 218 g/mol. The lowest BCUT2D eigenvalue weighted by Crippen LogP contribution is -2.17. The zero-order valence-electron chi connectivity index (χ0n) is 9.97. The van der Waals surface area contributed by atoms with E-state index in [9.17, 15) is 4.79 Å². The van der Waals surface area contributed by atoms with Crippen molar-refractivity contribution >= 4 is 27.3 Å². The molecule has 2 aromatic rings. The van der Waals surface area contributed by atoms with Gasteiger partial charge in [0.25, 0.3) is 5.91 Å². The van der Waals surface area contributed by atoms with Crippen molar-refractivity contribution in [3.05, 3.63) is 33.7 Å². The fourth-order valence-corrected chi connectivity index (χ4v) is 3.04. The maximum atomic E-state index is 11.7. The van der Waals surface area contributed by atoms with E-state index in [-0.39, 0.29) is 5.91 Å². The van der Waals surface area contributed by atoms with Gasteiger partial charge in [0.1, 0.15) is 0 Å². The lowest BCUT2D eigenvalue weighted by molar-refractivity contribution is 0.0966. The summed E-state index contributed by atoms with van der Waals surface area (Å²) in [7, 11) is 1.67. The summed E-state index contributed by atoms with van der Waals surface area (Å²) in [4.78, 5) is 12.5. The van der Waals surface area contributed by atoms with E-state index in [1.54, 1.807) is 18.4 Å². The first-order valence-corrected chi connectivity index (χ1v) is 6.08. The minimum atomic E-state index is 0.00834. The van der Waals surface area contributed by atoms with E-state index in [1.807, 2.05) is 6.92 Å². The van der Waals surface area contributed by atoms with Gasteiger partial charge in [-0.2, -0.15) is 0 Å². The largest absolute Gasteiger partial charge is 0.354 e. The quantitative estimate of drug-likeness (QED) is 0.805. The first-order chi connectivity index (χ1) is 7.54. The zero-order valence-corrected chi connectivity index (χ0v) is 10.8. The molecule has 16 heavy (non-hydrogen) atoms. The van der Waals surface area contributed by atoms with Crippen LogP contribution in [0, 0.1) is 20.8 Å². The van der Waals surface area contributed by atoms with E-state index < -0.39 is 0 Å². The first kappa shape index (κ1) is 11.1. The van der Waals surface area contributed by atoms with Gasteiger partial charge in [-0.25, -0.2) is 0 Å². The lowest BCUT2D eigenvalue weighted by Gasteiger charge is -2.00. The summed E-state index contributed by atoms with van der Waals surface area (Å²) in [6, 6.07) is 4.33. The SMILES string of the molecule is CNC(=O)c1sc2cc(C)c(C)cc2c1C. The Kier molecular flexibility index (Phi) is 2.72. The third-order valence-corrected chi connectivity index (χ3v) is 4.24. The molecule has 0 aliphatic rings. The average molecular weight is 233 g/mol. The van der Waals surface area contributed by atoms with Crippen LogP contribution in [0.25, 0.3) is 10.1 Å². The number of fused-ring (bicyclic) bond motifs is 1. The van der Waals surface area contributed by atoms with Crippen LogP contribution in [0.1, 0.15) is 26.4 Å². The molecule has 0 fully saturated rings. The van der Waals surface area contributed by atoms with E-state index in [0.717, 1.165) is 10.4 Å². The van der Waals surface area contributed by atoms with Crippen LogP contribution in [0.5, 0.6) is 0 Å². The summed E-state index contributed by atoms with van der Waals surface area (Å²) < 4.78 is 1.19. The monoisotopic (exact) mass is 233 g/mol. The molecule has 1 N–H and O–H groups in total. The Balaban J connectivity index is 2.73. The van der Waals surface area contributed by atoms with E-state index in [4.69, 9.17) is 0 Å². The van der Waals surface area contributed by atoms with E-state index in [2.05, 4.69) is 31.3 Å². The van der Waals surface area contributed by atoms with Crippen LogP contribution in [0.3, 0.4) is 0 Å². The molecule has 1 aromatic carbocycles. The van der Waals surface area contributed by atoms with E-state index >= 15 is 0 Å². The van der Waals surface area contributed by atoms with Gasteiger partial charge >= 0.3 is 0 Å². The van der Waals surface area contributed by atoms with E-state index in [0.29, 0.717) is 0 Å². The minimum Gasteiger partial charge on any atom is -0.354 e. The van der Waals surface area contributed by atoms with Crippen LogP contribution in [0.2, 0.25) is 0 Å². The van der Waals surface area contributed by atoms with Crippen molar-refractivity contribution in [1.29, 1.82) is 0 Å². The fraction of sp³-hybridized carbons (Fsp3) is 0.308. The number of rotatable bonds is 1. The second kappa shape index (κ2) is 3.91. The lowest BCUT2D eigenvalue weighted by atomic mass is 10.1. The van der Waals surface area contributed by atoms with E-state index in [1.165, 1.54) is 21.2 Å². The van der Waals surface area contributed by atoms with Crippen LogP contribution in [0.15, 0.2) is 12.1 Å². The summed E-state index contributed by atoms with van der Waals surface area (Å²) in [5.41, 5.74) is 3.64. The van der Waals surface area contributed by atoms with Crippen molar-refractivity contribution in [2.24, 2.45) is 0 Å². The van der Waals surface area contributed by atoms with Gasteiger partial charge in [-0.15, -0.1) is 11.3 Å². The highest BCUT2D eigenvalue weighted by atomic mass is 32.1. The predicted molar refractivity (Wildman–Crippen MR) is 69.4 cm³/mol. The highest BCUT2D eigenvalue weighted by molar-refractivity contribution is 7.21. The van der Waals surface area contributed by atoms with Crippen LogP contribution < -0.4 is 5.32 Å². The number of hydrogen-bond acceptors (Lipinski definition) is 2. The van der Waals surface area contributed by atoms with Crippen LogP contribution in [-0.4, -0.2) is 13.0 Å². The number of hydrogen-bond donors (Lipinski definition) is 1. The maximum absolute atomic E-state index is 11.7. The molecule has 84 valence electrons. The van der Waals surface area contributed by atoms with Gasteiger partial charge < -0.3 is 5.32 Å². The topological polar surface area (TPSA) is 29.1 Å². The smallest absolute Gasteiger partial charge is 0.261 e. The molecule has 0 unspecified atom stereocenters. The summed E-state index contributed by atoms with van der Waals surface area (Å²) >= 11 is 1.57. The molecule has 0 saturated heterocycles. The molecule has 0 radical (unpaired) electrons. The minimum absolute atomic E-state index is 0.00834. The van der Waals surface area contributed by atoms with Crippen molar-refractivity contribution in [2.45, 2.75) is 20.8 Å². The van der Waals surface area contributed by atoms with Crippen molar-refractivity contribution in [2.75, 3.05) is 7.05 Å². The Hall–Kier alpha value is -1.35. The Morgan fingerprint density at radius 1 is 1.19 bits per heavy atom. The summed E-state index contributed by atoms with van der Waals surface area (Å²) in [6.07, 6.45) is 0. The Morgan fingerprint density at radius 2 is 1.81 bits per heavy atom. The molecule has 0 aliphatic carbocycles. The molecule has 2 nitrogen and oxygen atoms in total. The summed E-state index contributed by atoms with van der Waals surface area (Å²) in [6.45, 7) is 6.22. The van der Waals surface area contributed by atoms with Gasteiger partial charge in [-0.1, -0.05) is 6.07 Å². The van der Waals surface area contributed by atoms with Gasteiger partial charge in [-0.3, -0.25) is 4.79 Å². The average Bonchev–Trinajstić information content (AvgIpc) is 2.56. The molecule has 0 aliphatic heterocycles. The molecule has 1 aromatic heterocycles. The van der Waals surface area contributed by atoms with Crippen molar-refractivity contribution < 1.29 is 4.79 Å². The molecule has 0 spiro atoms. The summed E-state index contributed by atoms with van der Waals surface area (Å²) in [5.74, 6) is 0.00834. The fourth-order valence-electron chi connectivity index (χ4n) is 1.81. The van der Waals surface area contributed by atoms with Crippen molar-refractivity contribution in [1.82, 2.24) is 5.32 Å². The van der Waals surface area contributed by atoms with Crippen molar-refractivity contribution in [3.8, 4) is 0 Å². The number of carbonyl (C=O) groups excluding carboxylic acids is 1. The van der Waals surface area contributed by atoms with Gasteiger partial charge in [0.15, 0.2) is 0 Å². The van der Waals surface area contributed by atoms with Gasteiger partial charge in [0.05, 0.1) is 4.88 Å². The Morgan fingerprint density at radius 3 is 2.44 bits per heavy atom. The molecule has 3 heteroatoms. The number of benzene rings is 1. The number of aryl methyl sites for hydroxylation is 3. The van der Waals surface area contributed by atoms with Crippen LogP contribution in [0.4, 0.5) is 0 Å². The van der Waals surface area contributed by atoms with Crippen LogP contribution in [-0.2, 0) is 0 Å². The predicted octanol–water partition coefficient (Wildman–Crippen LogP) is 3.19. The standard InChI is InChI=1S/C13H15NOS/c1-7-5-10-9(3)12(13(15)14-4)16-11(10)6-8(7)2/h5-6H,1-4H3,(H,14,15). The Bertz CT molecular complexity index is 569. The molecule has 0 bridgehead atoms. The first-order valence-electron chi connectivity index (χ1n) is 5.27. The van der Waals surface area contributed by atoms with Gasteiger partial charge in [-0.05, 0) is 48.9 Å². The van der Waals surface area contributed by atoms with Crippen LogP contribution >= 0.6 is 11.3 Å². The third kappa shape index (κ3) is 1.61. The number of amides is 1. The highest BCUT2D eigenvalue weighted by Gasteiger charge is 2.14. The third-order valence-electron chi connectivity index (χ3n) is 2.99. The molecule has 1 amide bonds. The Labute approximate surface area is 99.3 Å². The molecular formula is C13H15NOS. The number of nitrogens with one attached hydrogen (secondary N) is 1. The molecule has 0 atom stereocenters. The molecule has 2 rings (SSSR count). The zero-order chi connectivity index (χ0) is 11.9. The highest BCUT2D eigenvalue weighted by Crippen LogP contribution is 2.32. The second-order valence-electron chi connectivity index (χ2n) is 4.07. The molecule has 1 heterocycles. The number of thiophene rings is 1. The maximum Gasteiger partial charge on any atom is 0.261 e.